The summed E-state index contributed by atoms with van der Waals surface area (Å²) in [5.41, 5.74) is 5.42. The molecule has 0 unspecified atom stereocenters. The number of hydrogen-bond acceptors (Lipinski definition) is 6. The van der Waals surface area contributed by atoms with Gasteiger partial charge in [0.05, 0.1) is 12.3 Å². The molecule has 0 aromatic carbocycles. The smallest absolute Gasteiger partial charge is 0.233 e. The van der Waals surface area contributed by atoms with E-state index in [1.165, 1.54) is 11.8 Å². The predicted molar refractivity (Wildman–Crippen MR) is 58.8 cm³/mol. The molecule has 0 saturated carbocycles. The van der Waals surface area contributed by atoms with Gasteiger partial charge in [0.15, 0.2) is 0 Å². The molecule has 16 heavy (non-hydrogen) atoms. The van der Waals surface area contributed by atoms with Gasteiger partial charge in [-0.15, -0.1) is 5.10 Å². The summed E-state index contributed by atoms with van der Waals surface area (Å²) in [6.45, 7) is 2.83. The van der Waals surface area contributed by atoms with Crippen LogP contribution in [0.2, 0.25) is 0 Å². The lowest BCUT2D eigenvalue weighted by molar-refractivity contribution is -0.131. The summed E-state index contributed by atoms with van der Waals surface area (Å²) in [5.74, 6) is 0.545. The summed E-state index contributed by atoms with van der Waals surface area (Å²) in [4.78, 5) is 13.4. The lowest BCUT2D eigenvalue weighted by Crippen LogP contribution is -2.43. The van der Waals surface area contributed by atoms with Gasteiger partial charge in [0, 0.05) is 19.6 Å². The van der Waals surface area contributed by atoms with Crippen molar-refractivity contribution in [1.29, 1.82) is 0 Å². The van der Waals surface area contributed by atoms with Gasteiger partial charge in [-0.3, -0.25) is 4.79 Å². The Morgan fingerprint density at radius 3 is 2.94 bits per heavy atom. The van der Waals surface area contributed by atoms with Gasteiger partial charge in [0.2, 0.25) is 11.1 Å². The average Bonchev–Trinajstić information content (AvgIpc) is 2.60. The van der Waals surface area contributed by atoms with Crippen LogP contribution in [-0.4, -0.2) is 56.4 Å². The first-order chi connectivity index (χ1) is 7.81. The van der Waals surface area contributed by atoms with Crippen LogP contribution >= 0.6 is 11.8 Å². The van der Waals surface area contributed by atoms with E-state index in [0.717, 1.165) is 19.5 Å². The van der Waals surface area contributed by atoms with E-state index in [1.807, 2.05) is 4.90 Å². The summed E-state index contributed by atoms with van der Waals surface area (Å²) in [6.07, 6.45) is 1.11. The molecule has 8 heteroatoms. The number of nitrogens with zero attached hydrogens (tertiary/aromatic N) is 5. The van der Waals surface area contributed by atoms with E-state index in [1.54, 1.807) is 4.68 Å². The Morgan fingerprint density at radius 1 is 1.50 bits per heavy atom. The Balaban J connectivity index is 1.83. The molecule has 1 aliphatic heterocycles. The van der Waals surface area contributed by atoms with Gasteiger partial charge in [-0.05, 0) is 16.8 Å². The number of likely N-dealkylation sites (tertiary alicyclic amines) is 1. The van der Waals surface area contributed by atoms with Gasteiger partial charge in [-0.1, -0.05) is 11.8 Å². The molecule has 1 saturated heterocycles. The van der Waals surface area contributed by atoms with Crippen LogP contribution < -0.4 is 5.73 Å². The Hall–Kier alpha value is -1.15. The molecule has 1 amide bonds. The normalized spacial score (nSPS) is 14.9. The van der Waals surface area contributed by atoms with Crippen LogP contribution in [0.25, 0.3) is 0 Å². The summed E-state index contributed by atoms with van der Waals surface area (Å²) < 4.78 is 1.62. The zero-order valence-electron chi connectivity index (χ0n) is 8.87. The lowest BCUT2D eigenvalue weighted by Gasteiger charge is -2.30. The summed E-state index contributed by atoms with van der Waals surface area (Å²) >= 11 is 1.36. The maximum absolute atomic E-state index is 11.6. The Bertz CT molecular complexity index is 363. The van der Waals surface area contributed by atoms with Crippen molar-refractivity contribution in [3.8, 4) is 0 Å². The number of thioether (sulfide) groups is 1. The molecule has 88 valence electrons. The van der Waals surface area contributed by atoms with Crippen molar-refractivity contribution in [1.82, 2.24) is 25.1 Å². The van der Waals surface area contributed by atoms with Crippen molar-refractivity contribution in [3.05, 3.63) is 0 Å². The SMILES string of the molecule is NCCn1nnnc1SCC(=O)N1CCC1. The molecule has 7 nitrogen and oxygen atoms in total. The topological polar surface area (TPSA) is 89.9 Å². The Morgan fingerprint density at radius 2 is 2.31 bits per heavy atom. The third kappa shape index (κ3) is 2.50. The first kappa shape index (κ1) is 11.3. The second-order valence-electron chi connectivity index (χ2n) is 3.50. The largest absolute Gasteiger partial charge is 0.342 e. The first-order valence-electron chi connectivity index (χ1n) is 5.18. The molecule has 0 aliphatic carbocycles. The highest BCUT2D eigenvalue weighted by Gasteiger charge is 2.20. The third-order valence-corrected chi connectivity index (χ3v) is 3.32. The van der Waals surface area contributed by atoms with E-state index in [2.05, 4.69) is 15.5 Å². The van der Waals surface area contributed by atoms with E-state index in [0.29, 0.717) is 24.0 Å². The van der Waals surface area contributed by atoms with Crippen molar-refractivity contribution < 1.29 is 4.79 Å². The van der Waals surface area contributed by atoms with Crippen molar-refractivity contribution in [2.24, 2.45) is 5.73 Å². The van der Waals surface area contributed by atoms with Gasteiger partial charge in [-0.25, -0.2) is 4.68 Å². The highest BCUT2D eigenvalue weighted by atomic mass is 32.2. The number of carbonyl (C=O) groups is 1. The zero-order chi connectivity index (χ0) is 11.4. The fourth-order valence-electron chi connectivity index (χ4n) is 1.35. The minimum atomic E-state index is 0.151. The van der Waals surface area contributed by atoms with Gasteiger partial charge < -0.3 is 10.6 Å². The molecule has 0 atom stereocenters. The van der Waals surface area contributed by atoms with Gasteiger partial charge in [0.25, 0.3) is 0 Å². The summed E-state index contributed by atoms with van der Waals surface area (Å²) in [6, 6.07) is 0. The van der Waals surface area contributed by atoms with Crippen LogP contribution in [0.15, 0.2) is 5.16 Å². The van der Waals surface area contributed by atoms with E-state index in [-0.39, 0.29) is 5.91 Å². The summed E-state index contributed by atoms with van der Waals surface area (Å²) in [5, 5.41) is 11.9. The second kappa shape index (κ2) is 5.26. The van der Waals surface area contributed by atoms with Crippen LogP contribution in [0.4, 0.5) is 0 Å². The Kier molecular flexibility index (Phi) is 3.73. The van der Waals surface area contributed by atoms with E-state index >= 15 is 0 Å². The molecule has 2 rings (SSSR count). The standard InChI is InChI=1S/C8H14N6OS/c9-2-5-14-8(10-11-12-14)16-6-7(15)13-3-1-4-13/h1-6,9H2. The maximum Gasteiger partial charge on any atom is 0.233 e. The number of tetrazole rings is 1. The van der Waals surface area contributed by atoms with Crippen LogP contribution in [0, 0.1) is 0 Å². The highest BCUT2D eigenvalue weighted by molar-refractivity contribution is 7.99. The molecule has 2 heterocycles. The zero-order valence-corrected chi connectivity index (χ0v) is 9.69. The molecular formula is C8H14N6OS. The monoisotopic (exact) mass is 242 g/mol. The van der Waals surface area contributed by atoms with Crippen molar-refractivity contribution in [2.45, 2.75) is 18.1 Å². The molecule has 0 bridgehead atoms. The number of hydrogen-bond donors (Lipinski definition) is 1. The van der Waals surface area contributed by atoms with Crippen molar-refractivity contribution >= 4 is 17.7 Å². The Labute approximate surface area is 97.3 Å². The van der Waals surface area contributed by atoms with Gasteiger partial charge in [0.1, 0.15) is 0 Å². The van der Waals surface area contributed by atoms with E-state index in [9.17, 15) is 4.79 Å². The van der Waals surface area contributed by atoms with Crippen LogP contribution in [-0.2, 0) is 11.3 Å². The predicted octanol–water partition coefficient (Wildman–Crippen LogP) is -1.04. The highest BCUT2D eigenvalue weighted by Crippen LogP contribution is 2.16. The summed E-state index contributed by atoms with van der Waals surface area (Å²) in [7, 11) is 0. The molecule has 1 aromatic rings. The first-order valence-corrected chi connectivity index (χ1v) is 6.16. The average molecular weight is 242 g/mol. The minimum Gasteiger partial charge on any atom is -0.342 e. The number of aromatic nitrogens is 4. The van der Waals surface area contributed by atoms with Crippen molar-refractivity contribution in [3.63, 3.8) is 0 Å². The molecule has 0 radical (unpaired) electrons. The molecule has 1 aliphatic rings. The quantitative estimate of drug-likeness (QED) is 0.663. The minimum absolute atomic E-state index is 0.151. The van der Waals surface area contributed by atoms with Gasteiger partial charge in [-0.2, -0.15) is 0 Å². The maximum atomic E-state index is 11.6. The van der Waals surface area contributed by atoms with Crippen LogP contribution in [0.3, 0.4) is 0 Å². The number of nitrogens with two attached hydrogens (primary N) is 1. The molecule has 0 spiro atoms. The lowest BCUT2D eigenvalue weighted by atomic mass is 10.2. The number of carbonyl (C=O) groups excluding carboxylic acids is 1. The molecular weight excluding hydrogens is 228 g/mol. The van der Waals surface area contributed by atoms with E-state index in [4.69, 9.17) is 5.73 Å². The fraction of sp³-hybridized carbons (Fsp3) is 0.750. The van der Waals surface area contributed by atoms with E-state index < -0.39 is 0 Å². The van der Waals surface area contributed by atoms with Crippen molar-refractivity contribution in [2.75, 3.05) is 25.4 Å². The molecule has 1 fully saturated rings. The fourth-order valence-corrected chi connectivity index (χ4v) is 2.15. The number of rotatable bonds is 5. The molecule has 1 aromatic heterocycles. The second-order valence-corrected chi connectivity index (χ2v) is 4.44. The third-order valence-electron chi connectivity index (χ3n) is 2.37. The van der Waals surface area contributed by atoms with Crippen LogP contribution in [0.5, 0.6) is 0 Å². The van der Waals surface area contributed by atoms with Crippen LogP contribution in [0.1, 0.15) is 6.42 Å². The van der Waals surface area contributed by atoms with Gasteiger partial charge >= 0.3 is 0 Å². The molecule has 2 N–H and O–H groups in total. The number of amides is 1.